The van der Waals surface area contributed by atoms with Gasteiger partial charge in [0.25, 0.3) is 0 Å². The first-order chi connectivity index (χ1) is 12.0. The molecule has 3 rings (SSSR count). The molecule has 0 radical (unpaired) electrons. The van der Waals surface area contributed by atoms with E-state index in [0.29, 0.717) is 25.8 Å². The topological polar surface area (TPSA) is 69.7 Å². The number of rotatable bonds is 6. The zero-order valence-electron chi connectivity index (χ0n) is 14.7. The molecule has 134 valence electrons. The number of carbonyl (C=O) groups is 3. The molecule has 1 aromatic rings. The summed E-state index contributed by atoms with van der Waals surface area (Å²) in [7, 11) is 2.02. The van der Waals surface area contributed by atoms with Gasteiger partial charge in [0.2, 0.25) is 11.8 Å². The molecule has 0 atom stereocenters. The number of nitrogens with zero attached hydrogens (tertiary/aromatic N) is 2. The summed E-state index contributed by atoms with van der Waals surface area (Å²) in [6, 6.07) is 9.60. The van der Waals surface area contributed by atoms with Crippen molar-refractivity contribution in [1.82, 2.24) is 15.1 Å². The van der Waals surface area contributed by atoms with Gasteiger partial charge in [-0.25, -0.2) is 4.79 Å². The fourth-order valence-electron chi connectivity index (χ4n) is 3.83. The Bertz CT molecular complexity index is 653. The number of benzene rings is 1. The third-order valence-electron chi connectivity index (χ3n) is 5.23. The maximum Gasteiger partial charge on any atom is 0.330 e. The van der Waals surface area contributed by atoms with Crippen LogP contribution in [0.5, 0.6) is 0 Å². The van der Waals surface area contributed by atoms with Crippen LogP contribution < -0.4 is 5.32 Å². The van der Waals surface area contributed by atoms with Gasteiger partial charge in [0, 0.05) is 13.1 Å². The maximum absolute atomic E-state index is 12.8. The minimum atomic E-state index is -0.996. The van der Waals surface area contributed by atoms with E-state index in [1.807, 2.05) is 25.2 Å². The number of urea groups is 1. The third-order valence-corrected chi connectivity index (χ3v) is 5.23. The molecule has 6 heteroatoms. The smallest absolute Gasteiger partial charge is 0.302 e. The van der Waals surface area contributed by atoms with Gasteiger partial charge in [0.15, 0.2) is 0 Å². The second-order valence-electron chi connectivity index (χ2n) is 7.08. The van der Waals surface area contributed by atoms with Crippen LogP contribution in [0.25, 0.3) is 0 Å². The van der Waals surface area contributed by atoms with Crippen molar-refractivity contribution >= 4 is 17.8 Å². The van der Waals surface area contributed by atoms with Crippen molar-refractivity contribution in [3.05, 3.63) is 35.9 Å². The lowest BCUT2D eigenvalue weighted by Crippen LogP contribution is -2.63. The summed E-state index contributed by atoms with van der Waals surface area (Å²) in [5.74, 6) is -0.707. The summed E-state index contributed by atoms with van der Waals surface area (Å²) in [6.45, 7) is 1.94. The Hall–Kier alpha value is -2.21. The average Bonchev–Trinajstić information content (AvgIpc) is 3.08. The van der Waals surface area contributed by atoms with Gasteiger partial charge in [-0.2, -0.15) is 0 Å². The van der Waals surface area contributed by atoms with Gasteiger partial charge in [-0.05, 0) is 38.4 Å². The molecule has 1 spiro atoms. The highest BCUT2D eigenvalue weighted by Gasteiger charge is 2.54. The van der Waals surface area contributed by atoms with Gasteiger partial charge in [-0.3, -0.25) is 19.8 Å². The van der Waals surface area contributed by atoms with Crippen LogP contribution in [0.3, 0.4) is 0 Å². The molecule has 0 unspecified atom stereocenters. The van der Waals surface area contributed by atoms with E-state index < -0.39 is 17.4 Å². The second kappa shape index (κ2) is 7.35. The lowest BCUT2D eigenvalue weighted by atomic mass is 9.82. The summed E-state index contributed by atoms with van der Waals surface area (Å²) in [4.78, 5) is 40.4. The second-order valence-corrected chi connectivity index (χ2v) is 7.08. The lowest BCUT2D eigenvalue weighted by Gasteiger charge is -2.37. The summed E-state index contributed by atoms with van der Waals surface area (Å²) >= 11 is 0. The van der Waals surface area contributed by atoms with E-state index in [-0.39, 0.29) is 5.91 Å². The van der Waals surface area contributed by atoms with Gasteiger partial charge < -0.3 is 4.90 Å². The van der Waals surface area contributed by atoms with Gasteiger partial charge in [0.1, 0.15) is 5.41 Å². The Labute approximate surface area is 148 Å². The normalized spacial score (nSPS) is 19.8. The van der Waals surface area contributed by atoms with E-state index in [2.05, 4.69) is 22.3 Å². The third kappa shape index (κ3) is 3.58. The fraction of sp³-hybridized carbons (Fsp3) is 0.526. The monoisotopic (exact) mass is 343 g/mol. The number of imide groups is 2. The van der Waals surface area contributed by atoms with Gasteiger partial charge in [-0.1, -0.05) is 43.2 Å². The Morgan fingerprint density at radius 1 is 1.12 bits per heavy atom. The van der Waals surface area contributed by atoms with Crippen LogP contribution in [0.4, 0.5) is 4.79 Å². The Morgan fingerprint density at radius 2 is 1.80 bits per heavy atom. The molecule has 1 saturated carbocycles. The highest BCUT2D eigenvalue weighted by Crippen LogP contribution is 2.41. The van der Waals surface area contributed by atoms with Crippen molar-refractivity contribution in [3.8, 4) is 0 Å². The first-order valence-electron chi connectivity index (χ1n) is 8.93. The molecule has 2 aliphatic rings. The summed E-state index contributed by atoms with van der Waals surface area (Å²) in [5.41, 5.74) is 0.233. The predicted molar refractivity (Wildman–Crippen MR) is 93.5 cm³/mol. The molecule has 1 aliphatic carbocycles. The van der Waals surface area contributed by atoms with Crippen molar-refractivity contribution in [3.63, 3.8) is 0 Å². The molecule has 1 saturated heterocycles. The highest BCUT2D eigenvalue weighted by molar-refractivity contribution is 6.19. The summed E-state index contributed by atoms with van der Waals surface area (Å²) < 4.78 is 0. The van der Waals surface area contributed by atoms with Crippen molar-refractivity contribution in [2.24, 2.45) is 5.41 Å². The van der Waals surface area contributed by atoms with E-state index in [1.165, 1.54) is 10.5 Å². The van der Waals surface area contributed by atoms with Gasteiger partial charge in [-0.15, -0.1) is 0 Å². The Kier molecular flexibility index (Phi) is 5.18. The van der Waals surface area contributed by atoms with E-state index in [0.717, 1.165) is 25.9 Å². The Balaban J connectivity index is 1.54. The number of barbiturate groups is 1. The van der Waals surface area contributed by atoms with Crippen LogP contribution in [0.2, 0.25) is 0 Å². The minimum Gasteiger partial charge on any atom is -0.302 e. The summed E-state index contributed by atoms with van der Waals surface area (Å²) in [5, 5.41) is 2.38. The standard InChI is InChI=1S/C19H25N3O3/c1-21(14-15-8-3-2-4-9-15)12-7-13-22-17(24)19(10-5-6-11-19)16(23)20-18(22)25/h2-4,8-9H,5-7,10-14H2,1H3,(H,20,23,25). The number of hydrogen-bond acceptors (Lipinski definition) is 4. The van der Waals surface area contributed by atoms with Crippen LogP contribution in [0.1, 0.15) is 37.7 Å². The first-order valence-corrected chi connectivity index (χ1v) is 8.93. The molecule has 4 amide bonds. The van der Waals surface area contributed by atoms with E-state index >= 15 is 0 Å². The van der Waals surface area contributed by atoms with Crippen LogP contribution in [-0.4, -0.2) is 47.8 Å². The van der Waals surface area contributed by atoms with Gasteiger partial charge >= 0.3 is 6.03 Å². The van der Waals surface area contributed by atoms with E-state index in [1.54, 1.807) is 0 Å². The average molecular weight is 343 g/mol. The highest BCUT2D eigenvalue weighted by atomic mass is 16.2. The zero-order valence-corrected chi connectivity index (χ0v) is 14.7. The number of amides is 4. The predicted octanol–water partition coefficient (Wildman–Crippen LogP) is 2.15. The molecule has 1 heterocycles. The minimum absolute atomic E-state index is 0.301. The van der Waals surface area contributed by atoms with Crippen molar-refractivity contribution in [2.75, 3.05) is 20.1 Å². The van der Waals surface area contributed by atoms with Crippen LogP contribution in [0, 0.1) is 5.41 Å². The van der Waals surface area contributed by atoms with Crippen molar-refractivity contribution < 1.29 is 14.4 Å². The van der Waals surface area contributed by atoms with Crippen LogP contribution in [-0.2, 0) is 16.1 Å². The number of hydrogen-bond donors (Lipinski definition) is 1. The largest absolute Gasteiger partial charge is 0.330 e. The number of carbonyl (C=O) groups excluding carboxylic acids is 3. The van der Waals surface area contributed by atoms with Crippen LogP contribution in [0.15, 0.2) is 30.3 Å². The molecule has 0 aromatic heterocycles. The van der Waals surface area contributed by atoms with Gasteiger partial charge in [0.05, 0.1) is 0 Å². The fourth-order valence-corrected chi connectivity index (χ4v) is 3.83. The summed E-state index contributed by atoms with van der Waals surface area (Å²) in [6.07, 6.45) is 3.51. The molecular weight excluding hydrogens is 318 g/mol. The molecule has 1 aliphatic heterocycles. The molecule has 1 N–H and O–H groups in total. The number of nitrogens with one attached hydrogen (secondary N) is 1. The molecule has 0 bridgehead atoms. The molecule has 25 heavy (non-hydrogen) atoms. The first kappa shape index (κ1) is 17.6. The Morgan fingerprint density at radius 3 is 2.48 bits per heavy atom. The van der Waals surface area contributed by atoms with Crippen LogP contribution >= 0.6 is 0 Å². The van der Waals surface area contributed by atoms with Crippen molar-refractivity contribution in [1.29, 1.82) is 0 Å². The SMILES string of the molecule is CN(CCCN1C(=O)NC(=O)C2(CCCC2)C1=O)Cc1ccccc1. The lowest BCUT2D eigenvalue weighted by molar-refractivity contribution is -0.151. The zero-order chi connectivity index (χ0) is 17.9. The molecular formula is C19H25N3O3. The molecule has 1 aromatic carbocycles. The molecule has 6 nitrogen and oxygen atoms in total. The molecule has 2 fully saturated rings. The maximum atomic E-state index is 12.8. The van der Waals surface area contributed by atoms with E-state index in [4.69, 9.17) is 0 Å². The van der Waals surface area contributed by atoms with Crippen molar-refractivity contribution in [2.45, 2.75) is 38.6 Å². The quantitative estimate of drug-likeness (QED) is 0.804. The van der Waals surface area contributed by atoms with E-state index in [9.17, 15) is 14.4 Å².